The van der Waals surface area contributed by atoms with Crippen molar-refractivity contribution in [1.82, 2.24) is 4.72 Å². The van der Waals surface area contributed by atoms with Crippen LogP contribution in [0.25, 0.3) is 0 Å². The summed E-state index contributed by atoms with van der Waals surface area (Å²) in [6, 6.07) is 12.2. The molecule has 0 aliphatic heterocycles. The molecule has 0 heterocycles. The van der Waals surface area contributed by atoms with E-state index in [2.05, 4.69) is 4.72 Å². The number of benzene rings is 2. The normalized spacial score (nSPS) is 11.1. The standard InChI is InChI=1S/C15H13FN2O2S/c1-11-2-4-12(5-3-11)10-18-21(19,20)14-6-7-15(16)13(8-14)9-17/h2-8,18H,10H2,1H3. The molecule has 0 atom stereocenters. The number of nitriles is 1. The molecule has 0 amide bonds. The van der Waals surface area contributed by atoms with Gasteiger partial charge in [-0.3, -0.25) is 0 Å². The van der Waals surface area contributed by atoms with E-state index in [-0.39, 0.29) is 17.0 Å². The van der Waals surface area contributed by atoms with Gasteiger partial charge in [-0.1, -0.05) is 29.8 Å². The molecule has 2 aromatic rings. The number of nitrogens with zero attached hydrogens (tertiary/aromatic N) is 1. The van der Waals surface area contributed by atoms with Crippen molar-refractivity contribution >= 4 is 10.0 Å². The molecule has 0 fully saturated rings. The molecule has 2 rings (SSSR count). The molecular weight excluding hydrogens is 291 g/mol. The topological polar surface area (TPSA) is 70.0 Å². The molecule has 0 saturated heterocycles. The Balaban J connectivity index is 2.19. The van der Waals surface area contributed by atoms with E-state index in [1.54, 1.807) is 6.07 Å². The quantitative estimate of drug-likeness (QED) is 0.943. The van der Waals surface area contributed by atoms with Crippen molar-refractivity contribution in [2.45, 2.75) is 18.4 Å². The predicted octanol–water partition coefficient (Wildman–Crippen LogP) is 2.48. The Labute approximate surface area is 122 Å². The largest absolute Gasteiger partial charge is 0.240 e. The molecule has 1 N–H and O–H groups in total. The second-order valence-electron chi connectivity index (χ2n) is 4.56. The first kappa shape index (κ1) is 15.2. The first-order valence-electron chi connectivity index (χ1n) is 6.17. The molecule has 2 aromatic carbocycles. The summed E-state index contributed by atoms with van der Waals surface area (Å²) in [5.74, 6) is -0.741. The zero-order chi connectivity index (χ0) is 15.5. The minimum Gasteiger partial charge on any atom is -0.207 e. The Morgan fingerprint density at radius 2 is 1.86 bits per heavy atom. The molecule has 0 radical (unpaired) electrons. The lowest BCUT2D eigenvalue weighted by Crippen LogP contribution is -2.23. The van der Waals surface area contributed by atoms with E-state index in [1.165, 1.54) is 0 Å². The van der Waals surface area contributed by atoms with E-state index in [0.717, 1.165) is 29.3 Å². The van der Waals surface area contributed by atoms with Crippen molar-refractivity contribution in [3.05, 3.63) is 65.0 Å². The molecule has 0 unspecified atom stereocenters. The monoisotopic (exact) mass is 304 g/mol. The Bertz CT molecular complexity index is 793. The molecular formula is C15H13FN2O2S. The van der Waals surface area contributed by atoms with Crippen molar-refractivity contribution in [3.8, 4) is 6.07 Å². The summed E-state index contributed by atoms with van der Waals surface area (Å²) < 4.78 is 39.8. The lowest BCUT2D eigenvalue weighted by Gasteiger charge is -2.07. The molecule has 0 spiro atoms. The third kappa shape index (κ3) is 3.66. The van der Waals surface area contributed by atoms with Gasteiger partial charge < -0.3 is 0 Å². The smallest absolute Gasteiger partial charge is 0.207 e. The highest BCUT2D eigenvalue weighted by atomic mass is 32.2. The average Bonchev–Trinajstić information content (AvgIpc) is 2.47. The highest BCUT2D eigenvalue weighted by molar-refractivity contribution is 7.89. The van der Waals surface area contributed by atoms with Gasteiger partial charge in [0.15, 0.2) is 0 Å². The maximum absolute atomic E-state index is 13.2. The summed E-state index contributed by atoms with van der Waals surface area (Å²) in [7, 11) is -3.79. The van der Waals surface area contributed by atoms with Gasteiger partial charge in [0.25, 0.3) is 0 Å². The fourth-order valence-corrected chi connectivity index (χ4v) is 2.77. The summed E-state index contributed by atoms with van der Waals surface area (Å²) in [6.45, 7) is 2.07. The van der Waals surface area contributed by atoms with Crippen molar-refractivity contribution in [2.75, 3.05) is 0 Å². The zero-order valence-corrected chi connectivity index (χ0v) is 12.1. The van der Waals surface area contributed by atoms with Crippen molar-refractivity contribution in [3.63, 3.8) is 0 Å². The number of hydrogen-bond donors (Lipinski definition) is 1. The van der Waals surface area contributed by atoms with Crippen LogP contribution in [0, 0.1) is 24.1 Å². The lowest BCUT2D eigenvalue weighted by atomic mass is 10.2. The Morgan fingerprint density at radius 1 is 1.19 bits per heavy atom. The molecule has 21 heavy (non-hydrogen) atoms. The van der Waals surface area contributed by atoms with Crippen LogP contribution < -0.4 is 4.72 Å². The number of halogens is 1. The van der Waals surface area contributed by atoms with E-state index >= 15 is 0 Å². The van der Waals surface area contributed by atoms with Crippen LogP contribution >= 0.6 is 0 Å². The molecule has 0 aliphatic rings. The van der Waals surface area contributed by atoms with Gasteiger partial charge in [0.2, 0.25) is 10.0 Å². The van der Waals surface area contributed by atoms with Gasteiger partial charge in [0, 0.05) is 6.54 Å². The van der Waals surface area contributed by atoms with Crippen molar-refractivity contribution in [1.29, 1.82) is 5.26 Å². The molecule has 6 heteroatoms. The fraction of sp³-hybridized carbons (Fsp3) is 0.133. The Hall–Kier alpha value is -2.23. The molecule has 108 valence electrons. The number of nitrogens with one attached hydrogen (secondary N) is 1. The molecule has 0 bridgehead atoms. The van der Waals surface area contributed by atoms with Crippen LogP contribution in [-0.2, 0) is 16.6 Å². The summed E-state index contributed by atoms with van der Waals surface area (Å²) in [5, 5.41) is 8.74. The van der Waals surface area contributed by atoms with Crippen LogP contribution in [0.1, 0.15) is 16.7 Å². The minimum absolute atomic E-state index is 0.127. The van der Waals surface area contributed by atoms with Gasteiger partial charge in [0.1, 0.15) is 11.9 Å². The summed E-state index contributed by atoms with van der Waals surface area (Å²) in [5.41, 5.74) is 1.60. The van der Waals surface area contributed by atoms with Crippen molar-refractivity contribution in [2.24, 2.45) is 0 Å². The highest BCUT2D eigenvalue weighted by Gasteiger charge is 2.16. The molecule has 0 aliphatic carbocycles. The number of sulfonamides is 1. The van der Waals surface area contributed by atoms with E-state index < -0.39 is 15.8 Å². The van der Waals surface area contributed by atoms with Crippen LogP contribution in [0.3, 0.4) is 0 Å². The van der Waals surface area contributed by atoms with Crippen LogP contribution in [0.2, 0.25) is 0 Å². The van der Waals surface area contributed by atoms with E-state index in [0.29, 0.717) is 0 Å². The highest BCUT2D eigenvalue weighted by Crippen LogP contribution is 2.15. The van der Waals surface area contributed by atoms with E-state index in [9.17, 15) is 12.8 Å². The minimum atomic E-state index is -3.79. The summed E-state index contributed by atoms with van der Waals surface area (Å²) in [4.78, 5) is -0.132. The lowest BCUT2D eigenvalue weighted by molar-refractivity contribution is 0.580. The second kappa shape index (κ2) is 6.04. The van der Waals surface area contributed by atoms with Crippen LogP contribution in [0.4, 0.5) is 4.39 Å². The molecule has 4 nitrogen and oxygen atoms in total. The van der Waals surface area contributed by atoms with E-state index in [1.807, 2.05) is 31.2 Å². The molecule has 0 aromatic heterocycles. The van der Waals surface area contributed by atoms with Gasteiger partial charge in [-0.25, -0.2) is 17.5 Å². The summed E-state index contributed by atoms with van der Waals surface area (Å²) >= 11 is 0. The third-order valence-electron chi connectivity index (χ3n) is 2.96. The molecule has 0 saturated carbocycles. The van der Waals surface area contributed by atoms with Gasteiger partial charge in [-0.15, -0.1) is 0 Å². The first-order chi connectivity index (χ1) is 9.92. The van der Waals surface area contributed by atoms with Gasteiger partial charge in [-0.05, 0) is 30.7 Å². The van der Waals surface area contributed by atoms with E-state index in [4.69, 9.17) is 5.26 Å². The first-order valence-corrected chi connectivity index (χ1v) is 7.65. The zero-order valence-electron chi connectivity index (χ0n) is 11.3. The van der Waals surface area contributed by atoms with Crippen LogP contribution in [0.15, 0.2) is 47.4 Å². The van der Waals surface area contributed by atoms with Crippen LogP contribution in [0.5, 0.6) is 0 Å². The maximum atomic E-state index is 13.2. The Kier molecular flexibility index (Phi) is 4.36. The second-order valence-corrected chi connectivity index (χ2v) is 6.33. The SMILES string of the molecule is Cc1ccc(CNS(=O)(=O)c2ccc(F)c(C#N)c2)cc1. The number of hydrogen-bond acceptors (Lipinski definition) is 3. The number of aryl methyl sites for hydroxylation is 1. The third-order valence-corrected chi connectivity index (χ3v) is 4.35. The average molecular weight is 304 g/mol. The maximum Gasteiger partial charge on any atom is 0.240 e. The van der Waals surface area contributed by atoms with Gasteiger partial charge in [0.05, 0.1) is 10.5 Å². The Morgan fingerprint density at radius 3 is 2.48 bits per heavy atom. The fourth-order valence-electron chi connectivity index (χ4n) is 1.72. The van der Waals surface area contributed by atoms with Crippen molar-refractivity contribution < 1.29 is 12.8 Å². The van der Waals surface area contributed by atoms with Crippen LogP contribution in [-0.4, -0.2) is 8.42 Å². The predicted molar refractivity (Wildman–Crippen MR) is 76.3 cm³/mol. The van der Waals surface area contributed by atoms with Gasteiger partial charge in [-0.2, -0.15) is 5.26 Å². The summed E-state index contributed by atoms with van der Waals surface area (Å²) in [6.07, 6.45) is 0. The number of rotatable bonds is 4. The van der Waals surface area contributed by atoms with Gasteiger partial charge >= 0.3 is 0 Å².